The standard InChI is InChI=1S/C20H17N3O8/c1-29-13-6-4-12(5-7-13)22-19(25)14(18(24)21-20(22)26)8-11-9-15(23(27)28)17(31-3)10-16(11)30-2/h4-10H,1-3H3,(H,21,24,26)/b14-8-. The fourth-order valence-electron chi connectivity index (χ4n) is 2.94. The number of anilines is 1. The predicted molar refractivity (Wildman–Crippen MR) is 108 cm³/mol. The minimum absolute atomic E-state index is 0.0570. The minimum atomic E-state index is -0.944. The van der Waals surface area contributed by atoms with Crippen molar-refractivity contribution in [1.29, 1.82) is 0 Å². The van der Waals surface area contributed by atoms with Gasteiger partial charge in [0.15, 0.2) is 0 Å². The number of hydrogen-bond acceptors (Lipinski definition) is 8. The van der Waals surface area contributed by atoms with Crippen LogP contribution < -0.4 is 24.4 Å². The number of amides is 4. The van der Waals surface area contributed by atoms with Crippen molar-refractivity contribution < 1.29 is 33.5 Å². The fourth-order valence-corrected chi connectivity index (χ4v) is 2.94. The maximum absolute atomic E-state index is 13.0. The van der Waals surface area contributed by atoms with Gasteiger partial charge in [-0.3, -0.25) is 25.0 Å². The first-order chi connectivity index (χ1) is 14.8. The van der Waals surface area contributed by atoms with Crippen LogP contribution in [-0.2, 0) is 9.59 Å². The highest BCUT2D eigenvalue weighted by atomic mass is 16.6. The highest BCUT2D eigenvalue weighted by Gasteiger charge is 2.37. The van der Waals surface area contributed by atoms with Gasteiger partial charge < -0.3 is 14.2 Å². The van der Waals surface area contributed by atoms with Crippen LogP contribution >= 0.6 is 0 Å². The molecule has 1 heterocycles. The number of barbiturate groups is 1. The zero-order chi connectivity index (χ0) is 22.7. The van der Waals surface area contributed by atoms with Crippen molar-refractivity contribution in [1.82, 2.24) is 5.32 Å². The van der Waals surface area contributed by atoms with Crippen molar-refractivity contribution in [3.8, 4) is 17.2 Å². The van der Waals surface area contributed by atoms with E-state index in [0.29, 0.717) is 5.75 Å². The largest absolute Gasteiger partial charge is 0.497 e. The van der Waals surface area contributed by atoms with E-state index >= 15 is 0 Å². The van der Waals surface area contributed by atoms with Crippen LogP contribution in [0.15, 0.2) is 42.0 Å². The second kappa shape index (κ2) is 8.53. The van der Waals surface area contributed by atoms with Crippen molar-refractivity contribution in [3.05, 3.63) is 57.6 Å². The molecule has 0 aromatic heterocycles. The van der Waals surface area contributed by atoms with Crippen LogP contribution in [0.5, 0.6) is 17.2 Å². The maximum Gasteiger partial charge on any atom is 0.335 e. The molecule has 0 spiro atoms. The first-order valence-electron chi connectivity index (χ1n) is 8.76. The molecule has 0 saturated carbocycles. The number of carbonyl (C=O) groups excluding carboxylic acids is 3. The average Bonchev–Trinajstić information content (AvgIpc) is 2.76. The van der Waals surface area contributed by atoms with Crippen molar-refractivity contribution in [2.75, 3.05) is 26.2 Å². The molecule has 31 heavy (non-hydrogen) atoms. The number of imide groups is 2. The van der Waals surface area contributed by atoms with Crippen LogP contribution in [0.2, 0.25) is 0 Å². The molecule has 0 atom stereocenters. The maximum atomic E-state index is 13.0. The molecule has 11 nitrogen and oxygen atoms in total. The first-order valence-corrected chi connectivity index (χ1v) is 8.76. The van der Waals surface area contributed by atoms with E-state index in [1.165, 1.54) is 39.5 Å². The molecule has 11 heteroatoms. The number of nitrogens with zero attached hydrogens (tertiary/aromatic N) is 2. The summed E-state index contributed by atoms with van der Waals surface area (Å²) in [6, 6.07) is 7.49. The summed E-state index contributed by atoms with van der Waals surface area (Å²) < 4.78 is 15.3. The number of benzene rings is 2. The Morgan fingerprint density at radius 1 is 0.968 bits per heavy atom. The number of nitrogens with one attached hydrogen (secondary N) is 1. The topological polar surface area (TPSA) is 137 Å². The molecule has 0 unspecified atom stereocenters. The van der Waals surface area contributed by atoms with Gasteiger partial charge in [0, 0.05) is 17.7 Å². The second-order valence-electron chi connectivity index (χ2n) is 6.18. The van der Waals surface area contributed by atoms with Crippen LogP contribution in [-0.4, -0.2) is 44.1 Å². The predicted octanol–water partition coefficient (Wildman–Crippen LogP) is 2.29. The Morgan fingerprint density at radius 2 is 1.61 bits per heavy atom. The highest BCUT2D eigenvalue weighted by Crippen LogP contribution is 2.36. The van der Waals surface area contributed by atoms with E-state index in [0.717, 1.165) is 17.0 Å². The molecule has 0 radical (unpaired) electrons. The van der Waals surface area contributed by atoms with E-state index in [2.05, 4.69) is 5.32 Å². The molecule has 1 N–H and O–H groups in total. The molecule has 1 aliphatic rings. The van der Waals surface area contributed by atoms with Crippen molar-refractivity contribution in [2.24, 2.45) is 0 Å². The summed E-state index contributed by atoms with van der Waals surface area (Å²) in [6.07, 6.45) is 1.12. The van der Waals surface area contributed by atoms with Gasteiger partial charge in [-0.05, 0) is 30.3 Å². The quantitative estimate of drug-likeness (QED) is 0.321. The monoisotopic (exact) mass is 427 g/mol. The van der Waals surface area contributed by atoms with Gasteiger partial charge in [0.2, 0.25) is 5.75 Å². The molecule has 3 rings (SSSR count). The lowest BCUT2D eigenvalue weighted by molar-refractivity contribution is -0.385. The summed E-state index contributed by atoms with van der Waals surface area (Å²) in [5.74, 6) is -1.27. The molecule has 160 valence electrons. The number of methoxy groups -OCH3 is 3. The van der Waals surface area contributed by atoms with Crippen molar-refractivity contribution in [3.63, 3.8) is 0 Å². The van der Waals surface area contributed by atoms with Gasteiger partial charge in [-0.25, -0.2) is 9.69 Å². The number of hydrogen-bond donors (Lipinski definition) is 1. The fraction of sp³-hybridized carbons (Fsp3) is 0.150. The van der Waals surface area contributed by atoms with Crippen LogP contribution in [0.3, 0.4) is 0 Å². The van der Waals surface area contributed by atoms with Crippen LogP contribution in [0.4, 0.5) is 16.2 Å². The molecule has 1 saturated heterocycles. The summed E-state index contributed by atoms with van der Waals surface area (Å²) in [7, 11) is 4.05. The molecular weight excluding hydrogens is 410 g/mol. The smallest absolute Gasteiger partial charge is 0.335 e. The third-order valence-electron chi connectivity index (χ3n) is 4.46. The number of rotatable bonds is 6. The molecule has 2 aromatic rings. The molecule has 1 aliphatic heterocycles. The van der Waals surface area contributed by atoms with Gasteiger partial charge in [-0.2, -0.15) is 0 Å². The Bertz CT molecular complexity index is 1110. The van der Waals surface area contributed by atoms with E-state index in [1.54, 1.807) is 12.1 Å². The zero-order valence-electron chi connectivity index (χ0n) is 16.7. The second-order valence-corrected chi connectivity index (χ2v) is 6.18. The van der Waals surface area contributed by atoms with E-state index in [1.807, 2.05) is 0 Å². The van der Waals surface area contributed by atoms with Crippen molar-refractivity contribution in [2.45, 2.75) is 0 Å². The van der Waals surface area contributed by atoms with Gasteiger partial charge >= 0.3 is 11.7 Å². The first kappa shape index (κ1) is 21.3. The Hall–Kier alpha value is -4.41. The van der Waals surface area contributed by atoms with E-state index in [9.17, 15) is 24.5 Å². The number of nitro benzene ring substituents is 1. The lowest BCUT2D eigenvalue weighted by atomic mass is 10.0. The van der Waals surface area contributed by atoms with E-state index in [-0.39, 0.29) is 28.4 Å². The molecule has 1 fully saturated rings. The number of nitro groups is 1. The summed E-state index contributed by atoms with van der Waals surface area (Å²) in [5, 5.41) is 13.4. The lowest BCUT2D eigenvalue weighted by Gasteiger charge is -2.26. The molecule has 4 amide bonds. The number of ether oxygens (including phenoxy) is 3. The number of carbonyl (C=O) groups is 3. The third kappa shape index (κ3) is 4.01. The van der Waals surface area contributed by atoms with E-state index < -0.39 is 28.3 Å². The Labute approximate surface area is 176 Å². The van der Waals surface area contributed by atoms with E-state index in [4.69, 9.17) is 14.2 Å². The minimum Gasteiger partial charge on any atom is -0.497 e. The molecular formula is C20H17N3O8. The molecule has 2 aromatic carbocycles. The Morgan fingerprint density at radius 3 is 2.16 bits per heavy atom. The van der Waals surface area contributed by atoms with Crippen LogP contribution in [0.1, 0.15) is 5.56 Å². The molecule has 0 aliphatic carbocycles. The Kier molecular flexibility index (Phi) is 5.86. The van der Waals surface area contributed by atoms with Gasteiger partial charge in [0.05, 0.1) is 31.9 Å². The van der Waals surface area contributed by atoms with Gasteiger partial charge in [0.1, 0.15) is 17.1 Å². The van der Waals surface area contributed by atoms with Gasteiger partial charge in [-0.1, -0.05) is 0 Å². The highest BCUT2D eigenvalue weighted by molar-refractivity contribution is 6.39. The van der Waals surface area contributed by atoms with Gasteiger partial charge in [-0.15, -0.1) is 0 Å². The lowest BCUT2D eigenvalue weighted by Crippen LogP contribution is -2.54. The summed E-state index contributed by atoms with van der Waals surface area (Å²) in [4.78, 5) is 49.1. The van der Waals surface area contributed by atoms with Crippen molar-refractivity contribution >= 4 is 35.3 Å². The zero-order valence-corrected chi connectivity index (χ0v) is 16.7. The number of urea groups is 1. The summed E-state index contributed by atoms with van der Waals surface area (Å²) in [6.45, 7) is 0. The summed E-state index contributed by atoms with van der Waals surface area (Å²) >= 11 is 0. The molecule has 0 bridgehead atoms. The normalized spacial score (nSPS) is 15.0. The van der Waals surface area contributed by atoms with Crippen LogP contribution in [0.25, 0.3) is 6.08 Å². The average molecular weight is 427 g/mol. The summed E-state index contributed by atoms with van der Waals surface area (Å²) in [5.41, 5.74) is -0.512. The van der Waals surface area contributed by atoms with Crippen LogP contribution in [0, 0.1) is 10.1 Å². The van der Waals surface area contributed by atoms with Gasteiger partial charge in [0.25, 0.3) is 11.8 Å². The third-order valence-corrected chi connectivity index (χ3v) is 4.46. The Balaban J connectivity index is 2.09. The SMILES string of the molecule is COc1ccc(N2C(=O)NC(=O)/C(=C/c3cc([N+](=O)[O-])c(OC)cc3OC)C2=O)cc1.